The standard InChI is InChI=1S/2C10H10N2O3.Ba.2H2O/c2*11-7-1-3-8(4-2-7)12-9(13)5-6-10(14)15;;;/h2*1-6H,11H2,(H,12,13)(H,14,15);;2*1H2/b2*6-5-;;;. The summed E-state index contributed by atoms with van der Waals surface area (Å²) in [6.45, 7) is 0. The van der Waals surface area contributed by atoms with Crippen molar-refractivity contribution in [2.45, 2.75) is 0 Å². The van der Waals surface area contributed by atoms with Crippen molar-refractivity contribution >= 4 is 95.4 Å². The second kappa shape index (κ2) is 18.5. The van der Waals surface area contributed by atoms with Crippen LogP contribution in [-0.2, 0) is 19.2 Å². The van der Waals surface area contributed by atoms with Gasteiger partial charge in [-0.05, 0) is 48.5 Å². The molecule has 2 aromatic rings. The number of aliphatic carboxylic acids is 2. The van der Waals surface area contributed by atoms with E-state index in [-0.39, 0.29) is 59.8 Å². The van der Waals surface area contributed by atoms with Gasteiger partial charge in [0, 0.05) is 95.9 Å². The Labute approximate surface area is 229 Å². The molecular weight excluding hydrogens is 562 g/mol. The second-order valence-electron chi connectivity index (χ2n) is 5.57. The zero-order valence-electron chi connectivity index (χ0n) is 17.3. The van der Waals surface area contributed by atoms with Gasteiger partial charge < -0.3 is 43.3 Å². The van der Waals surface area contributed by atoms with Gasteiger partial charge in [-0.1, -0.05) is 0 Å². The summed E-state index contributed by atoms with van der Waals surface area (Å²) in [5.41, 5.74) is 13.2. The molecule has 0 aliphatic carbocycles. The van der Waals surface area contributed by atoms with Crippen molar-refractivity contribution in [3.63, 3.8) is 0 Å². The fraction of sp³-hybridized carbons (Fsp3) is 0. The smallest absolute Gasteiger partial charge is 0.328 e. The van der Waals surface area contributed by atoms with E-state index in [9.17, 15) is 19.2 Å². The predicted octanol–water partition coefficient (Wildman–Crippen LogP) is -0.334. The quantitative estimate of drug-likeness (QED) is 0.148. The van der Waals surface area contributed by atoms with Crippen molar-refractivity contribution in [2.75, 3.05) is 22.1 Å². The molecule has 0 spiro atoms. The van der Waals surface area contributed by atoms with Crippen LogP contribution in [0.4, 0.5) is 22.7 Å². The van der Waals surface area contributed by atoms with Crippen molar-refractivity contribution in [1.29, 1.82) is 0 Å². The van der Waals surface area contributed by atoms with Crippen molar-refractivity contribution in [2.24, 2.45) is 0 Å². The molecule has 0 aliphatic heterocycles. The van der Waals surface area contributed by atoms with E-state index in [1.165, 1.54) is 0 Å². The molecule has 0 fully saturated rings. The Morgan fingerprint density at radius 1 is 0.606 bits per heavy atom. The number of nitrogens with one attached hydrogen (secondary N) is 2. The normalized spacial score (nSPS) is 9.21. The monoisotopic (exact) mass is 586 g/mol. The predicted molar refractivity (Wildman–Crippen MR) is 126 cm³/mol. The Morgan fingerprint density at radius 3 is 1.12 bits per heavy atom. The molecule has 2 radical (unpaired) electrons. The number of hydrogen-bond acceptors (Lipinski definition) is 6. The molecule has 174 valence electrons. The largest absolute Gasteiger partial charge is 0.478 e. The number of rotatable bonds is 6. The van der Waals surface area contributed by atoms with E-state index in [0.29, 0.717) is 22.7 Å². The Bertz CT molecular complexity index is 882. The molecule has 13 heteroatoms. The molecule has 0 aromatic heterocycles. The molecule has 33 heavy (non-hydrogen) atoms. The van der Waals surface area contributed by atoms with E-state index in [0.717, 1.165) is 24.3 Å². The SMILES string of the molecule is Nc1ccc(NC(=O)/C=C\C(=O)O)cc1.Nc1ccc(NC(=O)/C=C\C(=O)O)cc1.O.O.[Ba]. The third-order valence-electron chi connectivity index (χ3n) is 3.11. The number of carbonyl (C=O) groups excluding carboxylic acids is 2. The van der Waals surface area contributed by atoms with E-state index in [2.05, 4.69) is 10.6 Å². The Hall–Kier alpha value is -3.11. The number of hydrogen-bond donors (Lipinski definition) is 6. The molecule has 2 rings (SSSR count). The first kappa shape index (κ1) is 34.5. The van der Waals surface area contributed by atoms with Crippen molar-refractivity contribution in [1.82, 2.24) is 0 Å². The molecule has 0 aliphatic rings. The number of benzene rings is 2. The van der Waals surface area contributed by atoms with Crippen LogP contribution in [0.5, 0.6) is 0 Å². The molecule has 0 saturated heterocycles. The molecule has 0 saturated carbocycles. The second-order valence-corrected chi connectivity index (χ2v) is 5.57. The van der Waals surface area contributed by atoms with Gasteiger partial charge in [-0.25, -0.2) is 9.59 Å². The van der Waals surface area contributed by atoms with Crippen molar-refractivity contribution < 1.29 is 40.3 Å². The Balaban J connectivity index is -0.000000500. The molecule has 0 heterocycles. The molecule has 0 bridgehead atoms. The van der Waals surface area contributed by atoms with E-state index in [1.54, 1.807) is 48.5 Å². The number of amides is 2. The topological polar surface area (TPSA) is 248 Å². The maximum atomic E-state index is 11.1. The maximum absolute atomic E-state index is 11.1. The van der Waals surface area contributed by atoms with Crippen LogP contribution < -0.4 is 22.1 Å². The molecule has 12 nitrogen and oxygen atoms in total. The Kier molecular flexibility index (Phi) is 19.3. The summed E-state index contributed by atoms with van der Waals surface area (Å²) in [4.78, 5) is 42.5. The van der Waals surface area contributed by atoms with E-state index >= 15 is 0 Å². The van der Waals surface area contributed by atoms with Crippen LogP contribution in [0.25, 0.3) is 0 Å². The summed E-state index contributed by atoms with van der Waals surface area (Å²) >= 11 is 0. The summed E-state index contributed by atoms with van der Waals surface area (Å²) in [6, 6.07) is 13.0. The van der Waals surface area contributed by atoms with Crippen LogP contribution in [0, 0.1) is 0 Å². The van der Waals surface area contributed by atoms with Gasteiger partial charge in [-0.3, -0.25) is 9.59 Å². The molecule has 0 unspecified atom stereocenters. The minimum Gasteiger partial charge on any atom is -0.478 e. The van der Waals surface area contributed by atoms with E-state index in [4.69, 9.17) is 21.7 Å². The first-order valence-corrected chi connectivity index (χ1v) is 8.31. The van der Waals surface area contributed by atoms with Crippen LogP contribution in [-0.4, -0.2) is 93.8 Å². The molecule has 2 aromatic carbocycles. The fourth-order valence-electron chi connectivity index (χ4n) is 1.79. The number of carboxylic acid groups (broad SMARTS) is 2. The van der Waals surface area contributed by atoms with Crippen LogP contribution in [0.1, 0.15) is 0 Å². The van der Waals surface area contributed by atoms with Gasteiger partial charge in [0.2, 0.25) is 11.8 Å². The van der Waals surface area contributed by atoms with Crippen molar-refractivity contribution in [3.05, 3.63) is 72.8 Å². The number of nitrogen functional groups attached to an aromatic ring is 2. The molecule has 12 N–H and O–H groups in total. The third-order valence-corrected chi connectivity index (χ3v) is 3.11. The first-order valence-electron chi connectivity index (χ1n) is 8.31. The summed E-state index contributed by atoms with van der Waals surface area (Å²) in [5, 5.41) is 21.5. The van der Waals surface area contributed by atoms with Crippen LogP contribution in [0.2, 0.25) is 0 Å². The van der Waals surface area contributed by atoms with Gasteiger partial charge in [0.25, 0.3) is 0 Å². The zero-order valence-corrected chi connectivity index (χ0v) is 21.8. The van der Waals surface area contributed by atoms with Gasteiger partial charge in [-0.15, -0.1) is 0 Å². The summed E-state index contributed by atoms with van der Waals surface area (Å²) in [7, 11) is 0. The van der Waals surface area contributed by atoms with E-state index < -0.39 is 23.8 Å². The number of anilines is 4. The van der Waals surface area contributed by atoms with Crippen LogP contribution >= 0.6 is 0 Å². The summed E-state index contributed by atoms with van der Waals surface area (Å²) in [5.74, 6) is -3.32. The third kappa shape index (κ3) is 17.2. The van der Waals surface area contributed by atoms with E-state index in [1.807, 2.05) is 0 Å². The fourth-order valence-corrected chi connectivity index (χ4v) is 1.79. The van der Waals surface area contributed by atoms with Gasteiger partial charge in [0.15, 0.2) is 0 Å². The summed E-state index contributed by atoms with van der Waals surface area (Å²) in [6.07, 6.45) is 3.43. The minimum absolute atomic E-state index is 0. The average Bonchev–Trinajstić information content (AvgIpc) is 2.69. The molecule has 2 amide bonds. The maximum Gasteiger partial charge on any atom is 0.328 e. The Morgan fingerprint density at radius 2 is 0.879 bits per heavy atom. The number of carbonyl (C=O) groups is 4. The molecule has 0 atom stereocenters. The van der Waals surface area contributed by atoms with Gasteiger partial charge >= 0.3 is 11.9 Å². The molecular formula is C20H24BaN4O8. The van der Waals surface area contributed by atoms with Crippen molar-refractivity contribution in [3.8, 4) is 0 Å². The van der Waals surface area contributed by atoms with Gasteiger partial charge in [0.05, 0.1) is 0 Å². The summed E-state index contributed by atoms with van der Waals surface area (Å²) < 4.78 is 0. The minimum atomic E-state index is -1.16. The van der Waals surface area contributed by atoms with Crippen LogP contribution in [0.15, 0.2) is 72.8 Å². The van der Waals surface area contributed by atoms with Crippen LogP contribution in [0.3, 0.4) is 0 Å². The number of carboxylic acids is 2. The van der Waals surface area contributed by atoms with Gasteiger partial charge in [0.1, 0.15) is 0 Å². The van der Waals surface area contributed by atoms with Gasteiger partial charge in [-0.2, -0.15) is 0 Å². The first-order chi connectivity index (χ1) is 14.2. The average molecular weight is 586 g/mol. The zero-order chi connectivity index (χ0) is 22.5. The number of nitrogens with two attached hydrogens (primary N) is 2.